The first-order valence-electron chi connectivity index (χ1n) is 10.3. The molecule has 6 heteroatoms. The molecule has 30 heavy (non-hydrogen) atoms. The van der Waals surface area contributed by atoms with E-state index >= 15 is 0 Å². The lowest BCUT2D eigenvalue weighted by atomic mass is 10.1. The number of anilines is 1. The topological polar surface area (TPSA) is 45.2 Å². The number of hydrogen-bond acceptors (Lipinski definition) is 4. The molecule has 0 fully saturated rings. The number of carbonyl (C=O) groups excluding carboxylic acids is 1. The number of halogens is 1. The van der Waals surface area contributed by atoms with Crippen molar-refractivity contribution in [3.8, 4) is 11.3 Å². The summed E-state index contributed by atoms with van der Waals surface area (Å²) < 4.78 is 1.07. The van der Waals surface area contributed by atoms with E-state index in [2.05, 4.69) is 64.4 Å². The maximum atomic E-state index is 12.2. The summed E-state index contributed by atoms with van der Waals surface area (Å²) in [6.07, 6.45) is 1.04. The van der Waals surface area contributed by atoms with Gasteiger partial charge in [0, 0.05) is 40.6 Å². The molecule has 1 amide bonds. The predicted octanol–water partition coefficient (Wildman–Crippen LogP) is 6.38. The lowest BCUT2D eigenvalue weighted by Gasteiger charge is -2.21. The minimum Gasteiger partial charge on any atom is -0.352 e. The summed E-state index contributed by atoms with van der Waals surface area (Å²) in [5, 5.41) is 6.10. The number of amides is 1. The van der Waals surface area contributed by atoms with Crippen molar-refractivity contribution in [3.05, 3.63) is 69.5 Å². The van der Waals surface area contributed by atoms with Crippen LogP contribution >= 0.6 is 27.3 Å². The van der Waals surface area contributed by atoms with Gasteiger partial charge in [-0.15, -0.1) is 11.3 Å². The molecular weight excluding hydrogens is 458 g/mol. The van der Waals surface area contributed by atoms with Gasteiger partial charge in [0.05, 0.1) is 5.69 Å². The second kappa shape index (κ2) is 10.7. The zero-order valence-corrected chi connectivity index (χ0v) is 20.1. The van der Waals surface area contributed by atoms with E-state index in [4.69, 9.17) is 4.98 Å². The Morgan fingerprint density at radius 1 is 1.13 bits per heavy atom. The Balaban J connectivity index is 1.70. The van der Waals surface area contributed by atoms with Gasteiger partial charge in [0.15, 0.2) is 5.13 Å². The predicted molar refractivity (Wildman–Crippen MR) is 130 cm³/mol. The molecule has 0 spiro atoms. The average Bonchev–Trinajstić information content (AvgIpc) is 3.23. The molecule has 4 nitrogen and oxygen atoms in total. The standard InChI is InChI=1S/C24H28BrN3OS/c1-4-13-28(24-27-22(16-30-24)19-9-11-21(25)12-10-19)15-18-5-7-20(8-6-18)23(29)26-14-17(2)3/h5-12,16-17H,4,13-15H2,1-3H3,(H,26,29). The lowest BCUT2D eigenvalue weighted by Crippen LogP contribution is -2.27. The number of aromatic nitrogens is 1. The monoisotopic (exact) mass is 485 g/mol. The summed E-state index contributed by atoms with van der Waals surface area (Å²) in [5.74, 6) is 0.427. The lowest BCUT2D eigenvalue weighted by molar-refractivity contribution is 0.0949. The summed E-state index contributed by atoms with van der Waals surface area (Å²) in [6.45, 7) is 8.76. The molecule has 1 aromatic heterocycles. The van der Waals surface area contributed by atoms with Gasteiger partial charge >= 0.3 is 0 Å². The first kappa shape index (κ1) is 22.5. The van der Waals surface area contributed by atoms with E-state index in [-0.39, 0.29) is 5.91 Å². The summed E-state index contributed by atoms with van der Waals surface area (Å²) in [6, 6.07) is 16.1. The van der Waals surface area contributed by atoms with E-state index < -0.39 is 0 Å². The summed E-state index contributed by atoms with van der Waals surface area (Å²) in [4.78, 5) is 19.4. The second-order valence-corrected chi connectivity index (χ2v) is 9.50. The van der Waals surface area contributed by atoms with Crippen molar-refractivity contribution in [3.63, 3.8) is 0 Å². The van der Waals surface area contributed by atoms with E-state index in [0.29, 0.717) is 18.0 Å². The van der Waals surface area contributed by atoms with Crippen LogP contribution in [0.2, 0.25) is 0 Å². The SMILES string of the molecule is CCCN(Cc1ccc(C(=O)NCC(C)C)cc1)c1nc(-c2ccc(Br)cc2)cs1. The van der Waals surface area contributed by atoms with Crippen molar-refractivity contribution >= 4 is 38.3 Å². The molecule has 0 aliphatic carbocycles. The molecule has 0 saturated heterocycles. The van der Waals surface area contributed by atoms with Crippen LogP contribution in [0.15, 0.2) is 58.4 Å². The smallest absolute Gasteiger partial charge is 0.251 e. The van der Waals surface area contributed by atoms with Gasteiger partial charge in [-0.05, 0) is 42.2 Å². The number of nitrogens with one attached hydrogen (secondary N) is 1. The van der Waals surface area contributed by atoms with Crippen LogP contribution in [-0.2, 0) is 6.54 Å². The molecule has 0 radical (unpaired) electrons. The van der Waals surface area contributed by atoms with Gasteiger partial charge < -0.3 is 10.2 Å². The Morgan fingerprint density at radius 2 is 1.83 bits per heavy atom. The summed E-state index contributed by atoms with van der Waals surface area (Å²) in [5.41, 5.74) is 3.99. The molecular formula is C24H28BrN3OS. The first-order valence-corrected chi connectivity index (χ1v) is 12.0. The Hall–Kier alpha value is -2.18. The Labute approximate surface area is 191 Å². The minimum absolute atomic E-state index is 0.0141. The van der Waals surface area contributed by atoms with Crippen molar-refractivity contribution < 1.29 is 4.79 Å². The highest BCUT2D eigenvalue weighted by molar-refractivity contribution is 9.10. The fourth-order valence-electron chi connectivity index (χ4n) is 3.06. The van der Waals surface area contributed by atoms with E-state index in [9.17, 15) is 4.79 Å². The Kier molecular flexibility index (Phi) is 8.05. The van der Waals surface area contributed by atoms with Crippen molar-refractivity contribution in [1.29, 1.82) is 0 Å². The van der Waals surface area contributed by atoms with Crippen LogP contribution in [0.3, 0.4) is 0 Å². The zero-order chi connectivity index (χ0) is 21.5. The van der Waals surface area contributed by atoms with Gasteiger partial charge in [0.2, 0.25) is 0 Å². The van der Waals surface area contributed by atoms with E-state index in [1.165, 1.54) is 5.56 Å². The highest BCUT2D eigenvalue weighted by Gasteiger charge is 2.13. The molecule has 3 rings (SSSR count). The summed E-state index contributed by atoms with van der Waals surface area (Å²) >= 11 is 5.15. The third kappa shape index (κ3) is 6.16. The second-order valence-electron chi connectivity index (χ2n) is 7.74. The molecule has 0 aliphatic heterocycles. The Morgan fingerprint density at radius 3 is 2.47 bits per heavy atom. The van der Waals surface area contributed by atoms with Crippen molar-refractivity contribution in [2.75, 3.05) is 18.0 Å². The van der Waals surface area contributed by atoms with E-state index in [0.717, 1.165) is 40.4 Å². The molecule has 158 valence electrons. The number of hydrogen-bond donors (Lipinski definition) is 1. The Bertz CT molecular complexity index is 951. The van der Waals surface area contributed by atoms with Crippen LogP contribution in [0.1, 0.15) is 43.1 Å². The van der Waals surface area contributed by atoms with Gasteiger partial charge in [-0.1, -0.05) is 61.0 Å². The van der Waals surface area contributed by atoms with Crippen molar-refractivity contribution in [2.24, 2.45) is 5.92 Å². The molecule has 0 saturated carbocycles. The van der Waals surface area contributed by atoms with Crippen molar-refractivity contribution in [1.82, 2.24) is 10.3 Å². The molecule has 2 aromatic carbocycles. The minimum atomic E-state index is -0.0141. The number of benzene rings is 2. The number of thiazole rings is 1. The molecule has 0 aliphatic rings. The van der Waals surface area contributed by atoms with Crippen LogP contribution in [0.25, 0.3) is 11.3 Å². The molecule has 1 N–H and O–H groups in total. The quantitative estimate of drug-likeness (QED) is 0.382. The van der Waals surface area contributed by atoms with Crippen LogP contribution in [0.5, 0.6) is 0 Å². The third-order valence-electron chi connectivity index (χ3n) is 4.66. The average molecular weight is 486 g/mol. The van der Waals surface area contributed by atoms with Crippen LogP contribution in [0, 0.1) is 5.92 Å². The summed E-state index contributed by atoms with van der Waals surface area (Å²) in [7, 11) is 0. The number of nitrogens with zero attached hydrogens (tertiary/aromatic N) is 2. The van der Waals surface area contributed by atoms with E-state index in [1.54, 1.807) is 11.3 Å². The third-order valence-corrected chi connectivity index (χ3v) is 6.09. The van der Waals surface area contributed by atoms with Gasteiger partial charge in [-0.25, -0.2) is 4.98 Å². The van der Waals surface area contributed by atoms with Crippen LogP contribution in [-0.4, -0.2) is 24.0 Å². The largest absolute Gasteiger partial charge is 0.352 e. The fourth-order valence-corrected chi connectivity index (χ4v) is 4.18. The maximum Gasteiger partial charge on any atom is 0.251 e. The van der Waals surface area contributed by atoms with Gasteiger partial charge in [-0.3, -0.25) is 4.79 Å². The van der Waals surface area contributed by atoms with Gasteiger partial charge in [0.25, 0.3) is 5.91 Å². The fraction of sp³-hybridized carbons (Fsp3) is 0.333. The molecule has 0 unspecified atom stereocenters. The van der Waals surface area contributed by atoms with Gasteiger partial charge in [0.1, 0.15) is 0 Å². The van der Waals surface area contributed by atoms with E-state index in [1.807, 2.05) is 36.4 Å². The molecule has 1 heterocycles. The van der Waals surface area contributed by atoms with Crippen molar-refractivity contribution in [2.45, 2.75) is 33.7 Å². The normalized spacial score (nSPS) is 11.0. The van der Waals surface area contributed by atoms with Crippen LogP contribution < -0.4 is 10.2 Å². The maximum absolute atomic E-state index is 12.2. The number of carbonyl (C=O) groups is 1. The van der Waals surface area contributed by atoms with Crippen LogP contribution in [0.4, 0.5) is 5.13 Å². The molecule has 3 aromatic rings. The first-order chi connectivity index (χ1) is 14.5. The highest BCUT2D eigenvalue weighted by Crippen LogP contribution is 2.29. The number of rotatable bonds is 9. The highest BCUT2D eigenvalue weighted by atomic mass is 79.9. The van der Waals surface area contributed by atoms with Gasteiger partial charge in [-0.2, -0.15) is 0 Å². The zero-order valence-electron chi connectivity index (χ0n) is 17.7. The molecule has 0 atom stereocenters. The molecule has 0 bridgehead atoms.